The molecule has 0 amide bonds. The number of phenolic OH excluding ortho intramolecular Hbond substituents is 1. The van der Waals surface area contributed by atoms with Crippen LogP contribution in [0.5, 0.6) is 5.75 Å². The summed E-state index contributed by atoms with van der Waals surface area (Å²) in [6, 6.07) is 8.33. The third-order valence-electron chi connectivity index (χ3n) is 4.65. The smallest absolute Gasteiger partial charge is 0.120 e. The van der Waals surface area contributed by atoms with Crippen LogP contribution in [0.15, 0.2) is 24.3 Å². The van der Waals surface area contributed by atoms with Crippen LogP contribution in [0.3, 0.4) is 0 Å². The minimum atomic E-state index is 0. The predicted molar refractivity (Wildman–Crippen MR) is 91.7 cm³/mol. The quantitative estimate of drug-likeness (QED) is 0.890. The van der Waals surface area contributed by atoms with E-state index in [4.69, 9.17) is 0 Å². The number of hydrogen-bond acceptors (Lipinski definition) is 3. The van der Waals surface area contributed by atoms with Crippen molar-refractivity contribution in [3.63, 3.8) is 0 Å². The average Bonchev–Trinajstić information content (AvgIpc) is 2.96. The van der Waals surface area contributed by atoms with Crippen molar-refractivity contribution in [1.29, 1.82) is 0 Å². The number of nitrogens with one attached hydrogen (secondary N) is 1. The van der Waals surface area contributed by atoms with Gasteiger partial charge in [0.05, 0.1) is 0 Å². The number of benzene rings is 1. The molecule has 2 fully saturated rings. The molecule has 21 heavy (non-hydrogen) atoms. The van der Waals surface area contributed by atoms with E-state index in [0.717, 1.165) is 31.7 Å². The summed E-state index contributed by atoms with van der Waals surface area (Å²) < 4.78 is 0. The molecule has 1 aromatic rings. The van der Waals surface area contributed by atoms with Gasteiger partial charge in [-0.3, -0.25) is 4.90 Å². The second kappa shape index (κ2) is 8.84. The molecule has 1 aromatic carbocycles. The van der Waals surface area contributed by atoms with Gasteiger partial charge < -0.3 is 10.4 Å². The summed E-state index contributed by atoms with van der Waals surface area (Å²) in [6.45, 7) is 4.32. The molecule has 0 aromatic heterocycles. The molecule has 0 spiro atoms. The highest BCUT2D eigenvalue weighted by atomic mass is 35.5. The van der Waals surface area contributed by atoms with Crippen molar-refractivity contribution in [3.8, 4) is 5.75 Å². The molecule has 0 bridgehead atoms. The summed E-state index contributed by atoms with van der Waals surface area (Å²) in [5.41, 5.74) is 1.14. The first-order valence-corrected chi connectivity index (χ1v) is 7.59. The summed E-state index contributed by atoms with van der Waals surface area (Å²) in [5.74, 6) is 1.18. The van der Waals surface area contributed by atoms with Gasteiger partial charge in [0.25, 0.3) is 0 Å². The topological polar surface area (TPSA) is 35.5 Å². The number of nitrogens with zero attached hydrogens (tertiary/aromatic N) is 1. The third-order valence-corrected chi connectivity index (χ3v) is 4.65. The molecular weight excluding hydrogens is 307 g/mol. The van der Waals surface area contributed by atoms with Crippen LogP contribution >= 0.6 is 24.8 Å². The molecule has 3 nitrogen and oxygen atoms in total. The van der Waals surface area contributed by atoms with Crippen LogP contribution in [0.2, 0.25) is 0 Å². The van der Waals surface area contributed by atoms with Crippen molar-refractivity contribution in [2.45, 2.75) is 31.7 Å². The second-order valence-corrected chi connectivity index (χ2v) is 5.83. The lowest BCUT2D eigenvalue weighted by Gasteiger charge is -2.38. The largest absolute Gasteiger partial charge is 0.508 e. The van der Waals surface area contributed by atoms with E-state index in [1.54, 1.807) is 0 Å². The fraction of sp³-hybridized carbons (Fsp3) is 0.625. The fourth-order valence-electron chi connectivity index (χ4n) is 3.72. The number of rotatable bonds is 3. The molecule has 1 saturated carbocycles. The van der Waals surface area contributed by atoms with Gasteiger partial charge in [-0.1, -0.05) is 31.0 Å². The minimum Gasteiger partial charge on any atom is -0.508 e. The molecule has 5 heteroatoms. The standard InChI is InChI=1S/C16H24N2O.2ClH/c19-15-8-4-3-7-14(15)16(13-5-1-2-6-13)18-11-9-17-10-12-18;;/h3-4,7-8,13,16-17,19H,1-2,5-6,9-12H2;2*1H/t16-;;/m1../s1. The van der Waals surface area contributed by atoms with Crippen molar-refractivity contribution in [2.24, 2.45) is 5.92 Å². The van der Waals surface area contributed by atoms with E-state index in [0.29, 0.717) is 17.7 Å². The van der Waals surface area contributed by atoms with E-state index in [9.17, 15) is 5.11 Å². The summed E-state index contributed by atoms with van der Waals surface area (Å²) in [4.78, 5) is 2.57. The summed E-state index contributed by atoms with van der Waals surface area (Å²) in [6.07, 6.45) is 5.31. The van der Waals surface area contributed by atoms with E-state index in [1.807, 2.05) is 12.1 Å². The fourth-order valence-corrected chi connectivity index (χ4v) is 3.72. The molecule has 1 aliphatic heterocycles. The van der Waals surface area contributed by atoms with Crippen LogP contribution < -0.4 is 5.32 Å². The van der Waals surface area contributed by atoms with Crippen LogP contribution in [0.25, 0.3) is 0 Å². The molecule has 0 unspecified atom stereocenters. The Morgan fingerprint density at radius 3 is 2.29 bits per heavy atom. The summed E-state index contributed by atoms with van der Waals surface area (Å²) in [5, 5.41) is 13.7. The Morgan fingerprint density at radius 2 is 1.67 bits per heavy atom. The Morgan fingerprint density at radius 1 is 1.05 bits per heavy atom. The first-order chi connectivity index (χ1) is 9.36. The predicted octanol–water partition coefficient (Wildman–Crippen LogP) is 3.37. The van der Waals surface area contributed by atoms with Crippen LogP contribution in [-0.2, 0) is 0 Å². The molecule has 2 aliphatic rings. The molecule has 1 heterocycles. The first kappa shape index (κ1) is 18.6. The molecule has 1 atom stereocenters. The molecule has 3 rings (SSSR count). The van der Waals surface area contributed by atoms with Crippen molar-refractivity contribution >= 4 is 24.8 Å². The zero-order valence-electron chi connectivity index (χ0n) is 12.3. The maximum absolute atomic E-state index is 10.2. The maximum atomic E-state index is 10.2. The highest BCUT2D eigenvalue weighted by Crippen LogP contribution is 2.42. The van der Waals surface area contributed by atoms with E-state index in [-0.39, 0.29) is 24.8 Å². The SMILES string of the molecule is Cl.Cl.Oc1ccccc1[C@@H](C1CCCC1)N1CCNCC1. The highest BCUT2D eigenvalue weighted by molar-refractivity contribution is 5.85. The Hall–Kier alpha value is -0.480. The van der Waals surface area contributed by atoms with Gasteiger partial charge in [0.1, 0.15) is 5.75 Å². The van der Waals surface area contributed by atoms with E-state index >= 15 is 0 Å². The molecule has 1 aliphatic carbocycles. The van der Waals surface area contributed by atoms with Crippen molar-refractivity contribution < 1.29 is 5.11 Å². The Balaban J connectivity index is 0.00000110. The van der Waals surface area contributed by atoms with E-state index < -0.39 is 0 Å². The second-order valence-electron chi connectivity index (χ2n) is 5.83. The van der Waals surface area contributed by atoms with Crippen LogP contribution in [0.4, 0.5) is 0 Å². The number of aromatic hydroxyl groups is 1. The number of phenols is 1. The third kappa shape index (κ3) is 4.26. The van der Waals surface area contributed by atoms with Gasteiger partial charge in [-0.05, 0) is 24.8 Å². The lowest BCUT2D eigenvalue weighted by atomic mass is 9.89. The van der Waals surface area contributed by atoms with E-state index in [2.05, 4.69) is 22.3 Å². The number of piperazine rings is 1. The van der Waals surface area contributed by atoms with Crippen LogP contribution in [-0.4, -0.2) is 36.2 Å². The van der Waals surface area contributed by atoms with Gasteiger partial charge in [-0.25, -0.2) is 0 Å². The Labute approximate surface area is 139 Å². The average molecular weight is 333 g/mol. The van der Waals surface area contributed by atoms with Crippen molar-refractivity contribution in [1.82, 2.24) is 10.2 Å². The van der Waals surface area contributed by atoms with Gasteiger partial charge in [0, 0.05) is 37.8 Å². The monoisotopic (exact) mass is 332 g/mol. The van der Waals surface area contributed by atoms with Crippen LogP contribution in [0.1, 0.15) is 37.3 Å². The normalized spacial score (nSPS) is 21.3. The molecule has 0 radical (unpaired) electrons. The lowest BCUT2D eigenvalue weighted by molar-refractivity contribution is 0.123. The lowest BCUT2D eigenvalue weighted by Crippen LogP contribution is -2.46. The highest BCUT2D eigenvalue weighted by Gasteiger charge is 2.33. The summed E-state index contributed by atoms with van der Waals surface area (Å²) in [7, 11) is 0. The maximum Gasteiger partial charge on any atom is 0.120 e. The van der Waals surface area contributed by atoms with Gasteiger partial charge in [-0.15, -0.1) is 24.8 Å². The number of hydrogen-bond donors (Lipinski definition) is 2. The Kier molecular flexibility index (Phi) is 7.82. The molecule has 1 saturated heterocycles. The molecular formula is C16H26Cl2N2O. The van der Waals surface area contributed by atoms with Gasteiger partial charge in [0.15, 0.2) is 0 Å². The van der Waals surface area contributed by atoms with Gasteiger partial charge in [-0.2, -0.15) is 0 Å². The molecule has 120 valence electrons. The van der Waals surface area contributed by atoms with Crippen molar-refractivity contribution in [3.05, 3.63) is 29.8 Å². The molecule has 2 N–H and O–H groups in total. The number of halogens is 2. The summed E-state index contributed by atoms with van der Waals surface area (Å²) >= 11 is 0. The van der Waals surface area contributed by atoms with Crippen molar-refractivity contribution in [2.75, 3.05) is 26.2 Å². The zero-order chi connectivity index (χ0) is 13.1. The van der Waals surface area contributed by atoms with Crippen LogP contribution in [0, 0.1) is 5.92 Å². The zero-order valence-corrected chi connectivity index (χ0v) is 14.0. The number of para-hydroxylation sites is 1. The minimum absolute atomic E-state index is 0. The Bertz CT molecular complexity index is 418. The van der Waals surface area contributed by atoms with Gasteiger partial charge >= 0.3 is 0 Å². The van der Waals surface area contributed by atoms with E-state index in [1.165, 1.54) is 25.7 Å². The van der Waals surface area contributed by atoms with Gasteiger partial charge in [0.2, 0.25) is 0 Å². The first-order valence-electron chi connectivity index (χ1n) is 7.59.